The molecule has 1 aromatic rings. The Morgan fingerprint density at radius 1 is 1.69 bits per heavy atom. The van der Waals surface area contributed by atoms with Crippen LogP contribution in [0.2, 0.25) is 0 Å². The number of anilines is 1. The minimum atomic E-state index is -0.433. The monoisotopic (exact) mass is 282 g/mol. The molecule has 0 aliphatic heterocycles. The summed E-state index contributed by atoms with van der Waals surface area (Å²) in [4.78, 5) is 10.4. The minimum absolute atomic E-state index is 0.0249. The van der Waals surface area contributed by atoms with E-state index in [2.05, 4.69) is 27.2 Å². The van der Waals surface area contributed by atoms with E-state index in [4.69, 9.17) is 6.42 Å². The van der Waals surface area contributed by atoms with Gasteiger partial charge in [-0.1, -0.05) is 28.8 Å². The predicted octanol–water partition coefficient (Wildman–Crippen LogP) is 3.18. The molecule has 1 aromatic carbocycles. The van der Waals surface area contributed by atoms with Gasteiger partial charge in [0, 0.05) is 10.5 Å². The van der Waals surface area contributed by atoms with Crippen LogP contribution < -0.4 is 5.32 Å². The summed E-state index contributed by atoms with van der Waals surface area (Å²) in [5, 5.41) is 13.8. The Balaban J connectivity index is 3.06. The van der Waals surface area contributed by atoms with E-state index in [1.54, 1.807) is 12.1 Å². The van der Waals surface area contributed by atoms with Gasteiger partial charge >= 0.3 is 0 Å². The van der Waals surface area contributed by atoms with Crippen LogP contribution in [0.15, 0.2) is 22.7 Å². The lowest BCUT2D eigenvalue weighted by Gasteiger charge is -2.12. The zero-order valence-electron chi connectivity index (χ0n) is 8.74. The molecule has 1 unspecified atom stereocenters. The van der Waals surface area contributed by atoms with E-state index >= 15 is 0 Å². The molecule has 0 amide bonds. The van der Waals surface area contributed by atoms with Gasteiger partial charge in [0.25, 0.3) is 5.69 Å². The first-order chi connectivity index (χ1) is 7.58. The lowest BCUT2D eigenvalue weighted by atomic mass is 10.2. The quantitative estimate of drug-likeness (QED) is 0.524. The summed E-state index contributed by atoms with van der Waals surface area (Å²) < 4.78 is 0.771. The zero-order valence-corrected chi connectivity index (χ0v) is 10.3. The van der Waals surface area contributed by atoms with Gasteiger partial charge in [-0.3, -0.25) is 10.1 Å². The Kier molecular flexibility index (Phi) is 4.32. The lowest BCUT2D eigenvalue weighted by Crippen LogP contribution is -2.16. The van der Waals surface area contributed by atoms with Crippen molar-refractivity contribution in [1.82, 2.24) is 0 Å². The molecule has 4 nitrogen and oxygen atoms in total. The molecular weight excluding hydrogens is 272 g/mol. The summed E-state index contributed by atoms with van der Waals surface area (Å²) >= 11 is 3.26. The number of hydrogen-bond donors (Lipinski definition) is 1. The molecule has 0 aliphatic rings. The topological polar surface area (TPSA) is 55.2 Å². The van der Waals surface area contributed by atoms with Crippen molar-refractivity contribution in [2.24, 2.45) is 0 Å². The second-order valence-electron chi connectivity index (χ2n) is 3.19. The lowest BCUT2D eigenvalue weighted by molar-refractivity contribution is -0.384. The molecule has 5 heteroatoms. The van der Waals surface area contributed by atoms with Crippen molar-refractivity contribution < 1.29 is 4.92 Å². The molecule has 0 aliphatic carbocycles. The number of hydrogen-bond acceptors (Lipinski definition) is 3. The summed E-state index contributed by atoms with van der Waals surface area (Å²) in [5.74, 6) is 2.54. The summed E-state index contributed by atoms with van der Waals surface area (Å²) in [6.45, 7) is 1.92. The number of halogens is 1. The number of nitro groups is 1. The van der Waals surface area contributed by atoms with E-state index in [0.29, 0.717) is 12.1 Å². The highest BCUT2D eigenvalue weighted by Gasteiger charge is 2.15. The highest BCUT2D eigenvalue weighted by atomic mass is 79.9. The Labute approximate surface area is 102 Å². The molecule has 0 radical (unpaired) electrons. The van der Waals surface area contributed by atoms with Gasteiger partial charge in [0.2, 0.25) is 0 Å². The number of benzene rings is 1. The second kappa shape index (κ2) is 5.52. The van der Waals surface area contributed by atoms with Crippen molar-refractivity contribution in [2.45, 2.75) is 19.4 Å². The SMILES string of the molecule is C#CC(CC)Nc1cc(Br)ccc1[N+](=O)[O-]. The van der Waals surface area contributed by atoms with Crippen LogP contribution in [-0.4, -0.2) is 11.0 Å². The fraction of sp³-hybridized carbons (Fsp3) is 0.273. The van der Waals surface area contributed by atoms with Crippen LogP contribution in [0.1, 0.15) is 13.3 Å². The largest absolute Gasteiger partial charge is 0.366 e. The molecule has 0 saturated carbocycles. The van der Waals surface area contributed by atoms with Crippen molar-refractivity contribution in [3.63, 3.8) is 0 Å². The molecular formula is C11H11BrN2O2. The Bertz CT molecular complexity index is 440. The predicted molar refractivity (Wildman–Crippen MR) is 67.3 cm³/mol. The third-order valence-electron chi connectivity index (χ3n) is 2.09. The van der Waals surface area contributed by atoms with Gasteiger partial charge in [-0.25, -0.2) is 0 Å². The van der Waals surface area contributed by atoms with Crippen molar-refractivity contribution in [3.05, 3.63) is 32.8 Å². The standard InChI is InChI=1S/C11H11BrN2O2/c1-3-9(4-2)13-10-7-8(12)5-6-11(10)14(15)16/h1,5-7,9,13H,4H2,2H3. The first kappa shape index (κ1) is 12.5. The average Bonchev–Trinajstić information content (AvgIpc) is 2.25. The van der Waals surface area contributed by atoms with E-state index in [9.17, 15) is 10.1 Å². The van der Waals surface area contributed by atoms with Crippen LogP contribution in [0.4, 0.5) is 11.4 Å². The van der Waals surface area contributed by atoms with Gasteiger partial charge in [-0.15, -0.1) is 6.42 Å². The Hall–Kier alpha value is -1.54. The Morgan fingerprint density at radius 2 is 2.38 bits per heavy atom. The molecule has 0 fully saturated rings. The number of rotatable bonds is 4. The number of terminal acetylenes is 1. The first-order valence-electron chi connectivity index (χ1n) is 4.75. The van der Waals surface area contributed by atoms with E-state index in [-0.39, 0.29) is 11.7 Å². The zero-order chi connectivity index (χ0) is 12.1. The highest BCUT2D eigenvalue weighted by Crippen LogP contribution is 2.28. The summed E-state index contributed by atoms with van der Waals surface area (Å²) in [7, 11) is 0. The van der Waals surface area contributed by atoms with Crippen LogP contribution >= 0.6 is 15.9 Å². The molecule has 0 heterocycles. The van der Waals surface area contributed by atoms with E-state index < -0.39 is 4.92 Å². The van der Waals surface area contributed by atoms with Crippen molar-refractivity contribution in [1.29, 1.82) is 0 Å². The summed E-state index contributed by atoms with van der Waals surface area (Å²) in [5.41, 5.74) is 0.459. The van der Waals surface area contributed by atoms with Gasteiger partial charge in [-0.2, -0.15) is 0 Å². The summed E-state index contributed by atoms with van der Waals surface area (Å²) in [6, 6.07) is 4.52. The van der Waals surface area contributed by atoms with E-state index in [0.717, 1.165) is 4.47 Å². The fourth-order valence-electron chi connectivity index (χ4n) is 1.23. The maximum atomic E-state index is 10.8. The van der Waals surface area contributed by atoms with Gasteiger partial charge in [0.05, 0.1) is 11.0 Å². The molecule has 1 atom stereocenters. The van der Waals surface area contributed by atoms with Gasteiger partial charge in [0.15, 0.2) is 0 Å². The Morgan fingerprint density at radius 3 is 2.88 bits per heavy atom. The molecule has 0 saturated heterocycles. The van der Waals surface area contributed by atoms with Crippen LogP contribution in [0, 0.1) is 22.5 Å². The molecule has 16 heavy (non-hydrogen) atoms. The third-order valence-corrected chi connectivity index (χ3v) is 2.59. The minimum Gasteiger partial charge on any atom is -0.366 e. The number of nitrogens with zero attached hydrogens (tertiary/aromatic N) is 1. The fourth-order valence-corrected chi connectivity index (χ4v) is 1.59. The molecule has 0 aromatic heterocycles. The molecule has 0 spiro atoms. The van der Waals surface area contributed by atoms with Crippen molar-refractivity contribution >= 4 is 27.3 Å². The van der Waals surface area contributed by atoms with E-state index in [1.165, 1.54) is 6.07 Å². The normalized spacial score (nSPS) is 11.6. The first-order valence-corrected chi connectivity index (χ1v) is 5.54. The van der Waals surface area contributed by atoms with Crippen LogP contribution in [0.3, 0.4) is 0 Å². The molecule has 1 N–H and O–H groups in total. The van der Waals surface area contributed by atoms with E-state index in [1.807, 2.05) is 6.92 Å². The smallest absolute Gasteiger partial charge is 0.292 e. The maximum absolute atomic E-state index is 10.8. The van der Waals surface area contributed by atoms with Crippen molar-refractivity contribution in [2.75, 3.05) is 5.32 Å². The highest BCUT2D eigenvalue weighted by molar-refractivity contribution is 9.10. The number of nitro benzene ring substituents is 1. The van der Waals surface area contributed by atoms with Crippen LogP contribution in [-0.2, 0) is 0 Å². The van der Waals surface area contributed by atoms with Gasteiger partial charge < -0.3 is 5.32 Å². The number of nitrogens with one attached hydrogen (secondary N) is 1. The molecule has 0 bridgehead atoms. The average molecular weight is 283 g/mol. The third kappa shape index (κ3) is 2.97. The summed E-state index contributed by atoms with van der Waals surface area (Å²) in [6.07, 6.45) is 6.01. The molecule has 1 rings (SSSR count). The van der Waals surface area contributed by atoms with Crippen LogP contribution in [0.5, 0.6) is 0 Å². The van der Waals surface area contributed by atoms with Gasteiger partial charge in [0.1, 0.15) is 5.69 Å². The van der Waals surface area contributed by atoms with Gasteiger partial charge in [-0.05, 0) is 18.6 Å². The van der Waals surface area contributed by atoms with Crippen molar-refractivity contribution in [3.8, 4) is 12.3 Å². The second-order valence-corrected chi connectivity index (χ2v) is 4.11. The van der Waals surface area contributed by atoms with Crippen LogP contribution in [0.25, 0.3) is 0 Å². The molecule has 84 valence electrons. The maximum Gasteiger partial charge on any atom is 0.292 e.